The third kappa shape index (κ3) is 7.98. The van der Waals surface area contributed by atoms with Gasteiger partial charge in [-0.05, 0) is 87.4 Å². The zero-order valence-corrected chi connectivity index (χ0v) is 19.9. The smallest absolute Gasteiger partial charge is 0.120 e. The average Bonchev–Trinajstić information content (AvgIpc) is 2.84. The van der Waals surface area contributed by atoms with Gasteiger partial charge in [0.15, 0.2) is 0 Å². The maximum Gasteiger partial charge on any atom is 0.120 e. The van der Waals surface area contributed by atoms with Gasteiger partial charge in [-0.15, -0.1) is 0 Å². The molecule has 1 heterocycles. The van der Waals surface area contributed by atoms with Gasteiger partial charge in [0.25, 0.3) is 0 Å². The zero-order valence-electron chi connectivity index (χ0n) is 19.9. The molecule has 2 unspecified atom stereocenters. The molecule has 0 aliphatic carbocycles. The third-order valence-corrected chi connectivity index (χ3v) is 6.85. The van der Waals surface area contributed by atoms with Gasteiger partial charge in [-0.1, -0.05) is 43.7 Å². The summed E-state index contributed by atoms with van der Waals surface area (Å²) in [5.41, 5.74) is 3.84. The summed E-state index contributed by atoms with van der Waals surface area (Å²) in [4.78, 5) is 13.2. The van der Waals surface area contributed by atoms with Gasteiger partial charge in [0.1, 0.15) is 6.29 Å². The molecule has 0 spiro atoms. The highest BCUT2D eigenvalue weighted by atomic mass is 16.1. The number of carbonyl (C=O) groups is 1. The normalized spacial score (nSPS) is 16.9. The van der Waals surface area contributed by atoms with Crippen molar-refractivity contribution >= 4 is 17.7 Å². The number of hydrogen-bond donors (Lipinski definition) is 2. The number of hydrogen-bond acceptors (Lipinski definition) is 4. The second kappa shape index (κ2) is 13.3. The monoisotopic (exact) mass is 435 g/mol. The van der Waals surface area contributed by atoms with Crippen LogP contribution in [0.4, 0.5) is 11.4 Å². The van der Waals surface area contributed by atoms with Crippen LogP contribution in [0.25, 0.3) is 0 Å². The van der Waals surface area contributed by atoms with Gasteiger partial charge >= 0.3 is 0 Å². The number of piperidine rings is 1. The van der Waals surface area contributed by atoms with E-state index in [4.69, 9.17) is 0 Å². The lowest BCUT2D eigenvalue weighted by Gasteiger charge is -2.34. The lowest BCUT2D eigenvalue weighted by Crippen LogP contribution is -2.36. The van der Waals surface area contributed by atoms with Crippen LogP contribution in [-0.4, -0.2) is 43.4 Å². The quantitative estimate of drug-likeness (QED) is 0.369. The van der Waals surface area contributed by atoms with Crippen LogP contribution in [-0.2, 0) is 4.79 Å². The van der Waals surface area contributed by atoms with Gasteiger partial charge in [-0.2, -0.15) is 0 Å². The summed E-state index contributed by atoms with van der Waals surface area (Å²) in [5, 5.41) is 7.06. The first-order valence-corrected chi connectivity index (χ1v) is 12.5. The van der Waals surface area contributed by atoms with Crippen LogP contribution in [0.2, 0.25) is 0 Å². The van der Waals surface area contributed by atoms with E-state index in [9.17, 15) is 4.79 Å². The second-order valence-electron chi connectivity index (χ2n) is 9.34. The van der Waals surface area contributed by atoms with E-state index >= 15 is 0 Å². The number of carbonyl (C=O) groups excluding carboxylic acids is 1. The van der Waals surface area contributed by atoms with Crippen LogP contribution in [0.15, 0.2) is 54.6 Å². The molecule has 1 saturated heterocycles. The molecule has 4 nitrogen and oxygen atoms in total. The molecule has 0 radical (unpaired) electrons. The van der Waals surface area contributed by atoms with Crippen LogP contribution < -0.4 is 10.6 Å². The number of aldehydes is 1. The molecular weight excluding hydrogens is 394 g/mol. The highest BCUT2D eigenvalue weighted by Gasteiger charge is 2.22. The van der Waals surface area contributed by atoms with Crippen LogP contribution in [0, 0.1) is 5.92 Å². The molecule has 0 aromatic heterocycles. The Balaban J connectivity index is 1.38. The molecule has 32 heavy (non-hydrogen) atoms. The molecule has 1 aliphatic rings. The van der Waals surface area contributed by atoms with Crippen LogP contribution in [0.1, 0.15) is 63.9 Å². The van der Waals surface area contributed by atoms with E-state index in [0.717, 1.165) is 30.9 Å². The summed E-state index contributed by atoms with van der Waals surface area (Å²) in [7, 11) is 0. The van der Waals surface area contributed by atoms with E-state index in [1.54, 1.807) is 0 Å². The maximum absolute atomic E-state index is 10.5. The number of benzene rings is 2. The fourth-order valence-electron chi connectivity index (χ4n) is 4.74. The Bertz CT molecular complexity index is 769. The lowest BCUT2D eigenvalue weighted by molar-refractivity contribution is -0.107. The molecule has 2 aromatic carbocycles. The number of likely N-dealkylation sites (tertiary alicyclic amines) is 1. The topological polar surface area (TPSA) is 44.4 Å². The number of nitrogens with one attached hydrogen (secondary N) is 2. The summed E-state index contributed by atoms with van der Waals surface area (Å²) in [6, 6.07) is 19.8. The number of para-hydroxylation sites is 1. The zero-order chi connectivity index (χ0) is 22.6. The minimum Gasteiger partial charge on any atom is -0.385 e. The molecule has 0 bridgehead atoms. The van der Waals surface area contributed by atoms with Crippen molar-refractivity contribution in [3.63, 3.8) is 0 Å². The molecule has 1 aliphatic heterocycles. The van der Waals surface area contributed by atoms with Crippen molar-refractivity contribution in [2.24, 2.45) is 5.92 Å². The summed E-state index contributed by atoms with van der Waals surface area (Å²) in [6.07, 6.45) is 7.47. The highest BCUT2D eigenvalue weighted by molar-refractivity contribution is 5.50. The predicted octanol–water partition coefficient (Wildman–Crippen LogP) is 6.17. The molecular formula is C28H41N3O. The predicted molar refractivity (Wildman–Crippen MR) is 137 cm³/mol. The van der Waals surface area contributed by atoms with Crippen molar-refractivity contribution in [2.75, 3.05) is 36.8 Å². The minimum atomic E-state index is 0.323. The van der Waals surface area contributed by atoms with Gasteiger partial charge in [0, 0.05) is 36.9 Å². The summed E-state index contributed by atoms with van der Waals surface area (Å²) < 4.78 is 0. The summed E-state index contributed by atoms with van der Waals surface area (Å²) in [5.74, 6) is 1.43. The molecule has 2 N–H and O–H groups in total. The van der Waals surface area contributed by atoms with E-state index in [1.165, 1.54) is 56.6 Å². The van der Waals surface area contributed by atoms with Crippen LogP contribution >= 0.6 is 0 Å². The Labute approximate surface area is 194 Å². The van der Waals surface area contributed by atoms with Crippen LogP contribution in [0.5, 0.6) is 0 Å². The third-order valence-electron chi connectivity index (χ3n) is 6.85. The van der Waals surface area contributed by atoms with Gasteiger partial charge in [0.05, 0.1) is 0 Å². The molecule has 3 rings (SSSR count). The first kappa shape index (κ1) is 24.3. The first-order valence-electron chi connectivity index (χ1n) is 12.5. The highest BCUT2D eigenvalue weighted by Crippen LogP contribution is 2.29. The van der Waals surface area contributed by atoms with Crippen molar-refractivity contribution in [2.45, 2.75) is 64.3 Å². The lowest BCUT2D eigenvalue weighted by atomic mass is 9.88. The molecule has 1 fully saturated rings. The van der Waals surface area contributed by atoms with Gasteiger partial charge < -0.3 is 20.3 Å². The Kier molecular flexibility index (Phi) is 10.1. The molecule has 174 valence electrons. The molecule has 4 heteroatoms. The van der Waals surface area contributed by atoms with E-state index in [2.05, 4.69) is 84.0 Å². The van der Waals surface area contributed by atoms with Gasteiger partial charge in [0.2, 0.25) is 0 Å². The number of rotatable bonds is 13. The maximum atomic E-state index is 10.5. The minimum absolute atomic E-state index is 0.323. The van der Waals surface area contributed by atoms with Crippen molar-refractivity contribution in [1.29, 1.82) is 0 Å². The Morgan fingerprint density at radius 2 is 1.72 bits per heavy atom. The van der Waals surface area contributed by atoms with E-state index < -0.39 is 0 Å². The Hall–Kier alpha value is -2.33. The van der Waals surface area contributed by atoms with Gasteiger partial charge in [-0.3, -0.25) is 0 Å². The fourth-order valence-corrected chi connectivity index (χ4v) is 4.74. The second-order valence-corrected chi connectivity index (χ2v) is 9.34. The average molecular weight is 436 g/mol. The molecule has 2 atom stereocenters. The van der Waals surface area contributed by atoms with E-state index in [-0.39, 0.29) is 0 Å². The Morgan fingerprint density at radius 1 is 1.00 bits per heavy atom. The number of anilines is 2. The Morgan fingerprint density at radius 3 is 2.38 bits per heavy atom. The molecule has 0 amide bonds. The first-order chi connectivity index (χ1) is 15.7. The SMILES string of the molecule is CCC(CCNc1ccccc1)CN1CCC(c2ccc(NC(C)CCC=O)cc2)CC1. The molecule has 2 aromatic rings. The van der Waals surface area contributed by atoms with Crippen molar-refractivity contribution < 1.29 is 4.79 Å². The summed E-state index contributed by atoms with van der Waals surface area (Å²) in [6.45, 7) is 9.14. The largest absolute Gasteiger partial charge is 0.385 e. The summed E-state index contributed by atoms with van der Waals surface area (Å²) >= 11 is 0. The number of nitrogens with zero attached hydrogens (tertiary/aromatic N) is 1. The van der Waals surface area contributed by atoms with E-state index in [0.29, 0.717) is 18.4 Å². The van der Waals surface area contributed by atoms with E-state index in [1.807, 2.05) is 0 Å². The van der Waals surface area contributed by atoms with Crippen molar-refractivity contribution in [1.82, 2.24) is 4.90 Å². The standard InChI is InChI=1S/C28H41N3O/c1-3-24(15-18-29-27-9-5-4-6-10-27)22-31-19-16-26(17-20-31)25-11-13-28(14-12-25)30-23(2)8-7-21-32/h4-6,9-14,21,23-24,26,29-30H,3,7-8,15-20,22H2,1-2H3. The van der Waals surface area contributed by atoms with Crippen LogP contribution in [0.3, 0.4) is 0 Å². The van der Waals surface area contributed by atoms with Crippen molar-refractivity contribution in [3.05, 3.63) is 60.2 Å². The van der Waals surface area contributed by atoms with Gasteiger partial charge in [-0.25, -0.2) is 0 Å². The molecule has 0 saturated carbocycles. The van der Waals surface area contributed by atoms with Crippen molar-refractivity contribution in [3.8, 4) is 0 Å². The fraction of sp³-hybridized carbons (Fsp3) is 0.536.